The predicted octanol–water partition coefficient (Wildman–Crippen LogP) is 7.21. The number of amides is 1. The van der Waals surface area contributed by atoms with Gasteiger partial charge in [-0.15, -0.1) is 0 Å². The third-order valence-electron chi connectivity index (χ3n) is 5.57. The van der Waals surface area contributed by atoms with Crippen molar-refractivity contribution < 1.29 is 19.4 Å². The Hall–Kier alpha value is -2.04. The summed E-state index contributed by atoms with van der Waals surface area (Å²) >= 11 is 0. The van der Waals surface area contributed by atoms with Crippen molar-refractivity contribution in [3.8, 4) is 5.75 Å². The van der Waals surface area contributed by atoms with Crippen LogP contribution in [-0.2, 0) is 9.59 Å². The SMILES string of the molecule is CCCCCCCCCCCCCCCC(=O)Nc1ccc(OCC(C)C(=O)O)cc1. The molecule has 0 aliphatic heterocycles. The molecule has 0 spiro atoms. The lowest BCUT2D eigenvalue weighted by atomic mass is 10.0. The molecule has 176 valence electrons. The number of hydrogen-bond donors (Lipinski definition) is 2. The van der Waals surface area contributed by atoms with E-state index in [2.05, 4.69) is 12.2 Å². The molecule has 0 aromatic heterocycles. The van der Waals surface area contributed by atoms with Crippen LogP contribution in [0.25, 0.3) is 0 Å². The number of rotatable bonds is 19. The second-order valence-electron chi connectivity index (χ2n) is 8.62. The number of carbonyl (C=O) groups is 2. The molecular weight excluding hydrogens is 390 g/mol. The highest BCUT2D eigenvalue weighted by atomic mass is 16.5. The Morgan fingerprint density at radius 1 is 0.839 bits per heavy atom. The van der Waals surface area contributed by atoms with Gasteiger partial charge in [-0.2, -0.15) is 0 Å². The Morgan fingerprint density at radius 2 is 1.32 bits per heavy atom. The Labute approximate surface area is 189 Å². The van der Waals surface area contributed by atoms with Crippen molar-refractivity contribution in [2.45, 2.75) is 104 Å². The minimum Gasteiger partial charge on any atom is -0.493 e. The van der Waals surface area contributed by atoms with Crippen molar-refractivity contribution in [1.29, 1.82) is 0 Å². The zero-order valence-electron chi connectivity index (χ0n) is 19.7. The fraction of sp³-hybridized carbons (Fsp3) is 0.692. The molecule has 0 fully saturated rings. The molecule has 1 aromatic rings. The highest BCUT2D eigenvalue weighted by Crippen LogP contribution is 2.17. The molecule has 0 aliphatic carbocycles. The maximum atomic E-state index is 12.1. The average Bonchev–Trinajstić information content (AvgIpc) is 2.76. The summed E-state index contributed by atoms with van der Waals surface area (Å²) < 4.78 is 5.45. The van der Waals surface area contributed by atoms with Gasteiger partial charge in [0.15, 0.2) is 0 Å². The molecule has 1 atom stereocenters. The smallest absolute Gasteiger partial charge is 0.309 e. The number of unbranched alkanes of at least 4 members (excludes halogenated alkanes) is 12. The zero-order valence-corrected chi connectivity index (χ0v) is 19.7. The number of anilines is 1. The van der Waals surface area contributed by atoms with Gasteiger partial charge >= 0.3 is 5.97 Å². The fourth-order valence-corrected chi connectivity index (χ4v) is 3.45. The largest absolute Gasteiger partial charge is 0.493 e. The summed E-state index contributed by atoms with van der Waals surface area (Å²) in [6.07, 6.45) is 17.4. The maximum Gasteiger partial charge on any atom is 0.309 e. The third-order valence-corrected chi connectivity index (χ3v) is 5.57. The van der Waals surface area contributed by atoms with Crippen molar-refractivity contribution in [2.75, 3.05) is 11.9 Å². The number of nitrogens with one attached hydrogen (secondary N) is 1. The minimum absolute atomic E-state index is 0.0382. The van der Waals surface area contributed by atoms with Crippen LogP contribution in [-0.4, -0.2) is 23.6 Å². The van der Waals surface area contributed by atoms with Crippen molar-refractivity contribution in [2.24, 2.45) is 5.92 Å². The molecule has 5 heteroatoms. The van der Waals surface area contributed by atoms with Gasteiger partial charge in [-0.25, -0.2) is 0 Å². The first-order valence-electron chi connectivity index (χ1n) is 12.3. The van der Waals surface area contributed by atoms with Gasteiger partial charge in [-0.3, -0.25) is 9.59 Å². The molecule has 0 radical (unpaired) electrons. The summed E-state index contributed by atoms with van der Waals surface area (Å²) in [5.41, 5.74) is 0.735. The standard InChI is InChI=1S/C26H43NO4/c1-3-4-5-6-7-8-9-10-11-12-13-14-15-16-25(28)27-23-17-19-24(20-18-23)31-21-22(2)26(29)30/h17-20,22H,3-16,21H2,1-2H3,(H,27,28)(H,29,30). The minimum atomic E-state index is -0.878. The van der Waals surface area contributed by atoms with Gasteiger partial charge in [-0.1, -0.05) is 84.0 Å². The number of carbonyl (C=O) groups excluding carboxylic acids is 1. The first-order chi connectivity index (χ1) is 15.0. The fourth-order valence-electron chi connectivity index (χ4n) is 3.45. The molecule has 1 aromatic carbocycles. The van der Waals surface area contributed by atoms with Gasteiger partial charge in [0.2, 0.25) is 5.91 Å². The summed E-state index contributed by atoms with van der Waals surface area (Å²) in [6, 6.07) is 7.05. The highest BCUT2D eigenvalue weighted by molar-refractivity contribution is 5.90. The van der Waals surface area contributed by atoms with Crippen molar-refractivity contribution in [3.05, 3.63) is 24.3 Å². The lowest BCUT2D eigenvalue weighted by Crippen LogP contribution is -2.17. The van der Waals surface area contributed by atoms with Crippen LogP contribution in [0.4, 0.5) is 5.69 Å². The third kappa shape index (κ3) is 14.6. The highest BCUT2D eigenvalue weighted by Gasteiger charge is 2.11. The van der Waals surface area contributed by atoms with E-state index in [1.54, 1.807) is 31.2 Å². The molecule has 1 rings (SSSR count). The van der Waals surface area contributed by atoms with Crippen LogP contribution in [0.15, 0.2) is 24.3 Å². The topological polar surface area (TPSA) is 75.6 Å². The normalized spacial score (nSPS) is 11.8. The molecule has 1 unspecified atom stereocenters. The second kappa shape index (κ2) is 17.6. The first kappa shape index (κ1) is 27.0. The molecule has 2 N–H and O–H groups in total. The van der Waals surface area contributed by atoms with Crippen LogP contribution in [0.2, 0.25) is 0 Å². The van der Waals surface area contributed by atoms with Crippen LogP contribution in [0.3, 0.4) is 0 Å². The Kier molecular flexibility index (Phi) is 15.3. The summed E-state index contributed by atoms with van der Waals surface area (Å²) in [6.45, 7) is 3.99. The van der Waals surface area contributed by atoms with E-state index in [9.17, 15) is 9.59 Å². The van der Waals surface area contributed by atoms with E-state index >= 15 is 0 Å². The zero-order chi connectivity index (χ0) is 22.7. The Morgan fingerprint density at radius 3 is 1.81 bits per heavy atom. The van der Waals surface area contributed by atoms with Crippen LogP contribution in [0, 0.1) is 5.92 Å². The van der Waals surface area contributed by atoms with Crippen molar-refractivity contribution in [3.63, 3.8) is 0 Å². The van der Waals surface area contributed by atoms with Crippen molar-refractivity contribution >= 4 is 17.6 Å². The van der Waals surface area contributed by atoms with Gasteiger partial charge in [0.05, 0.1) is 5.92 Å². The van der Waals surface area contributed by atoms with E-state index in [0.29, 0.717) is 12.2 Å². The molecule has 0 saturated heterocycles. The monoisotopic (exact) mass is 433 g/mol. The van der Waals surface area contributed by atoms with Gasteiger partial charge in [0, 0.05) is 12.1 Å². The summed E-state index contributed by atoms with van der Waals surface area (Å²) in [4.78, 5) is 22.9. The summed E-state index contributed by atoms with van der Waals surface area (Å²) in [5, 5.41) is 11.8. The number of aliphatic carboxylic acids is 1. The number of ether oxygens (including phenoxy) is 1. The lowest BCUT2D eigenvalue weighted by Gasteiger charge is -2.10. The molecule has 5 nitrogen and oxygen atoms in total. The van der Waals surface area contributed by atoms with Gasteiger partial charge < -0.3 is 15.2 Å². The second-order valence-corrected chi connectivity index (χ2v) is 8.62. The Balaban J connectivity index is 2.00. The number of carboxylic acid groups (broad SMARTS) is 1. The molecule has 0 bridgehead atoms. The number of carboxylic acids is 1. The molecule has 0 saturated carbocycles. The van der Waals surface area contributed by atoms with Crippen LogP contribution in [0.1, 0.15) is 104 Å². The van der Waals surface area contributed by atoms with E-state index in [-0.39, 0.29) is 12.5 Å². The summed E-state index contributed by atoms with van der Waals surface area (Å²) in [7, 11) is 0. The Bertz CT molecular complexity index is 600. The van der Waals surface area contributed by atoms with Crippen LogP contribution < -0.4 is 10.1 Å². The maximum absolute atomic E-state index is 12.1. The van der Waals surface area contributed by atoms with Crippen LogP contribution in [0.5, 0.6) is 5.75 Å². The number of hydrogen-bond acceptors (Lipinski definition) is 3. The quantitative estimate of drug-likeness (QED) is 0.226. The molecule has 0 aliphatic rings. The number of benzene rings is 1. The molecule has 0 heterocycles. The van der Waals surface area contributed by atoms with Gasteiger partial charge in [0.25, 0.3) is 0 Å². The first-order valence-corrected chi connectivity index (χ1v) is 12.3. The molecule has 1 amide bonds. The van der Waals surface area contributed by atoms with E-state index in [0.717, 1.165) is 18.5 Å². The van der Waals surface area contributed by atoms with Crippen molar-refractivity contribution in [1.82, 2.24) is 0 Å². The van der Waals surface area contributed by atoms with E-state index in [1.807, 2.05) is 0 Å². The summed E-state index contributed by atoms with van der Waals surface area (Å²) in [5.74, 6) is -0.796. The molecular formula is C26H43NO4. The predicted molar refractivity (Wildman–Crippen MR) is 128 cm³/mol. The lowest BCUT2D eigenvalue weighted by molar-refractivity contribution is -0.142. The van der Waals surface area contributed by atoms with Gasteiger partial charge in [-0.05, 0) is 37.6 Å². The van der Waals surface area contributed by atoms with E-state index < -0.39 is 11.9 Å². The van der Waals surface area contributed by atoms with Crippen LogP contribution >= 0.6 is 0 Å². The van der Waals surface area contributed by atoms with E-state index in [1.165, 1.54) is 70.6 Å². The van der Waals surface area contributed by atoms with Gasteiger partial charge in [0.1, 0.15) is 12.4 Å². The van der Waals surface area contributed by atoms with E-state index in [4.69, 9.17) is 9.84 Å². The average molecular weight is 434 g/mol. The molecule has 31 heavy (non-hydrogen) atoms.